The van der Waals surface area contributed by atoms with Crippen molar-refractivity contribution >= 4 is 12.0 Å². The van der Waals surface area contributed by atoms with Crippen LogP contribution in [-0.4, -0.2) is 31.2 Å². The monoisotopic (exact) mass is 252 g/mol. The van der Waals surface area contributed by atoms with Gasteiger partial charge in [0.1, 0.15) is 18.5 Å². The van der Waals surface area contributed by atoms with Crippen LogP contribution in [0.25, 0.3) is 0 Å². The van der Waals surface area contributed by atoms with E-state index in [1.54, 1.807) is 18.2 Å². The first-order valence-corrected chi connectivity index (χ1v) is 5.61. The van der Waals surface area contributed by atoms with Crippen LogP contribution in [0.1, 0.15) is 5.56 Å². The molecule has 0 saturated carbocycles. The first kappa shape index (κ1) is 12.3. The third kappa shape index (κ3) is 2.97. The highest BCUT2D eigenvalue weighted by atomic mass is 19.1. The quantitative estimate of drug-likeness (QED) is 0.824. The van der Waals surface area contributed by atoms with Crippen LogP contribution in [0.5, 0.6) is 0 Å². The Balaban J connectivity index is 1.77. The zero-order valence-corrected chi connectivity index (χ0v) is 9.61. The minimum atomic E-state index is -0.655. The Bertz CT molecular complexity index is 464. The molecule has 1 aromatic carbocycles. The molecule has 0 spiro atoms. The van der Waals surface area contributed by atoms with Gasteiger partial charge >= 0.3 is 6.09 Å². The Morgan fingerprint density at radius 1 is 1.50 bits per heavy atom. The smallest absolute Gasteiger partial charge is 0.407 e. The lowest BCUT2D eigenvalue weighted by molar-refractivity contribution is -0.122. The van der Waals surface area contributed by atoms with Crippen molar-refractivity contribution in [3.05, 3.63) is 35.6 Å². The molecule has 18 heavy (non-hydrogen) atoms. The zero-order chi connectivity index (χ0) is 13.0. The van der Waals surface area contributed by atoms with E-state index in [9.17, 15) is 14.0 Å². The SMILES string of the molecule is O=C1NC(C(=O)NCCc2ccccc2F)CO1. The molecule has 1 aliphatic rings. The van der Waals surface area contributed by atoms with Gasteiger partial charge in [-0.1, -0.05) is 18.2 Å². The van der Waals surface area contributed by atoms with E-state index >= 15 is 0 Å². The Kier molecular flexibility index (Phi) is 3.76. The van der Waals surface area contributed by atoms with Crippen molar-refractivity contribution in [1.82, 2.24) is 10.6 Å². The fourth-order valence-electron chi connectivity index (χ4n) is 1.67. The van der Waals surface area contributed by atoms with E-state index in [1.807, 2.05) is 0 Å². The standard InChI is InChI=1S/C12H13FN2O3/c13-9-4-2-1-3-8(9)5-6-14-11(16)10-7-18-12(17)15-10/h1-4,10H,5-7H2,(H,14,16)(H,15,17). The van der Waals surface area contributed by atoms with E-state index in [1.165, 1.54) is 6.07 Å². The second-order valence-electron chi connectivity index (χ2n) is 3.93. The molecule has 0 aromatic heterocycles. The number of benzene rings is 1. The fraction of sp³-hybridized carbons (Fsp3) is 0.333. The number of carbonyl (C=O) groups excluding carboxylic acids is 2. The average Bonchev–Trinajstić information content (AvgIpc) is 2.78. The van der Waals surface area contributed by atoms with Gasteiger partial charge in [-0.15, -0.1) is 0 Å². The summed E-state index contributed by atoms with van der Waals surface area (Å²) in [5, 5.41) is 4.99. The highest BCUT2D eigenvalue weighted by Gasteiger charge is 2.28. The zero-order valence-electron chi connectivity index (χ0n) is 9.61. The Hall–Kier alpha value is -2.11. The number of cyclic esters (lactones) is 1. The van der Waals surface area contributed by atoms with Gasteiger partial charge in [-0.25, -0.2) is 9.18 Å². The van der Waals surface area contributed by atoms with E-state index in [0.29, 0.717) is 18.5 Å². The minimum absolute atomic E-state index is 0.0321. The minimum Gasteiger partial charge on any atom is -0.447 e. The van der Waals surface area contributed by atoms with E-state index in [2.05, 4.69) is 15.4 Å². The summed E-state index contributed by atoms with van der Waals surface area (Å²) in [7, 11) is 0. The first-order chi connectivity index (χ1) is 8.66. The summed E-state index contributed by atoms with van der Waals surface area (Å²) in [6, 6.07) is 5.75. The van der Waals surface area contributed by atoms with Crippen molar-refractivity contribution in [2.24, 2.45) is 0 Å². The van der Waals surface area contributed by atoms with E-state index < -0.39 is 12.1 Å². The number of alkyl carbamates (subject to hydrolysis) is 1. The number of amides is 2. The van der Waals surface area contributed by atoms with E-state index in [0.717, 1.165) is 0 Å². The number of halogens is 1. The topological polar surface area (TPSA) is 67.4 Å². The maximum Gasteiger partial charge on any atom is 0.407 e. The molecular formula is C12H13FN2O3. The molecule has 5 nitrogen and oxygen atoms in total. The van der Waals surface area contributed by atoms with Gasteiger partial charge in [0.15, 0.2) is 0 Å². The summed E-state index contributed by atoms with van der Waals surface area (Å²) in [6.45, 7) is 0.344. The maximum atomic E-state index is 13.3. The molecule has 1 fully saturated rings. The second kappa shape index (κ2) is 5.48. The number of hydrogen-bond donors (Lipinski definition) is 2. The summed E-state index contributed by atoms with van der Waals surface area (Å²) < 4.78 is 17.9. The molecule has 6 heteroatoms. The maximum absolute atomic E-state index is 13.3. The molecule has 2 N–H and O–H groups in total. The Morgan fingerprint density at radius 3 is 2.94 bits per heavy atom. The number of carbonyl (C=O) groups is 2. The van der Waals surface area contributed by atoms with E-state index in [-0.39, 0.29) is 18.3 Å². The van der Waals surface area contributed by atoms with Gasteiger partial charge in [-0.05, 0) is 18.1 Å². The number of ether oxygens (including phenoxy) is 1. The molecule has 0 bridgehead atoms. The van der Waals surface area contributed by atoms with Crippen molar-refractivity contribution < 1.29 is 18.7 Å². The normalized spacial score (nSPS) is 18.1. The molecule has 1 aliphatic heterocycles. The first-order valence-electron chi connectivity index (χ1n) is 5.61. The van der Waals surface area contributed by atoms with Gasteiger partial charge in [-0.3, -0.25) is 4.79 Å². The third-order valence-corrected chi connectivity index (χ3v) is 2.64. The largest absolute Gasteiger partial charge is 0.447 e. The van der Waals surface area contributed by atoms with Crippen molar-refractivity contribution in [3.8, 4) is 0 Å². The predicted octanol–water partition coefficient (Wildman–Crippen LogP) is 0.593. The van der Waals surface area contributed by atoms with Crippen LogP contribution in [0.15, 0.2) is 24.3 Å². The van der Waals surface area contributed by atoms with E-state index in [4.69, 9.17) is 0 Å². The van der Waals surface area contributed by atoms with Crippen LogP contribution in [0, 0.1) is 5.82 Å². The van der Waals surface area contributed by atoms with Crippen LogP contribution < -0.4 is 10.6 Å². The van der Waals surface area contributed by atoms with Crippen LogP contribution in [0.2, 0.25) is 0 Å². The molecule has 1 atom stereocenters. The lowest BCUT2D eigenvalue weighted by Gasteiger charge is -2.09. The van der Waals surface area contributed by atoms with Gasteiger partial charge in [0, 0.05) is 6.54 Å². The summed E-state index contributed by atoms with van der Waals surface area (Å²) >= 11 is 0. The Morgan fingerprint density at radius 2 is 2.28 bits per heavy atom. The molecule has 1 aromatic rings. The molecule has 2 amide bonds. The van der Waals surface area contributed by atoms with Crippen LogP contribution >= 0.6 is 0 Å². The highest BCUT2D eigenvalue weighted by Crippen LogP contribution is 2.06. The lowest BCUT2D eigenvalue weighted by Crippen LogP contribution is -2.43. The van der Waals surface area contributed by atoms with Crippen molar-refractivity contribution in [2.75, 3.05) is 13.2 Å². The molecule has 2 rings (SSSR count). The third-order valence-electron chi connectivity index (χ3n) is 2.64. The van der Waals surface area contributed by atoms with Gasteiger partial charge in [0.2, 0.25) is 5.91 Å². The van der Waals surface area contributed by atoms with Crippen molar-refractivity contribution in [1.29, 1.82) is 0 Å². The number of rotatable bonds is 4. The Labute approximate surface area is 103 Å². The van der Waals surface area contributed by atoms with Crippen LogP contribution in [0.4, 0.5) is 9.18 Å². The fourth-order valence-corrected chi connectivity index (χ4v) is 1.67. The second-order valence-corrected chi connectivity index (χ2v) is 3.93. The van der Waals surface area contributed by atoms with Gasteiger partial charge in [0.05, 0.1) is 0 Å². The number of hydrogen-bond acceptors (Lipinski definition) is 3. The summed E-state index contributed by atoms with van der Waals surface area (Å²) in [5.74, 6) is -0.610. The van der Waals surface area contributed by atoms with Crippen LogP contribution in [-0.2, 0) is 16.0 Å². The summed E-state index contributed by atoms with van der Waals surface area (Å²) in [5.41, 5.74) is 0.546. The molecule has 0 radical (unpaired) electrons. The summed E-state index contributed by atoms with van der Waals surface area (Å²) in [4.78, 5) is 22.3. The van der Waals surface area contributed by atoms with Gasteiger partial charge in [-0.2, -0.15) is 0 Å². The molecule has 96 valence electrons. The average molecular weight is 252 g/mol. The molecule has 1 saturated heterocycles. The van der Waals surface area contributed by atoms with Gasteiger partial charge in [0.25, 0.3) is 0 Å². The molecular weight excluding hydrogens is 239 g/mol. The molecule has 0 aliphatic carbocycles. The lowest BCUT2D eigenvalue weighted by atomic mass is 10.1. The summed E-state index contributed by atoms with van der Waals surface area (Å²) in [6.07, 6.45) is -0.191. The predicted molar refractivity (Wildman–Crippen MR) is 61.4 cm³/mol. The van der Waals surface area contributed by atoms with Crippen molar-refractivity contribution in [2.45, 2.75) is 12.5 Å². The van der Waals surface area contributed by atoms with Crippen LogP contribution in [0.3, 0.4) is 0 Å². The van der Waals surface area contributed by atoms with Gasteiger partial charge < -0.3 is 15.4 Å². The highest BCUT2D eigenvalue weighted by molar-refractivity contribution is 5.87. The molecule has 1 unspecified atom stereocenters. The molecule has 1 heterocycles. The number of nitrogens with one attached hydrogen (secondary N) is 2. The van der Waals surface area contributed by atoms with Crippen molar-refractivity contribution in [3.63, 3.8) is 0 Å².